The van der Waals surface area contributed by atoms with E-state index in [1.165, 1.54) is 6.42 Å². The molecule has 0 spiro atoms. The van der Waals surface area contributed by atoms with Crippen LogP contribution in [0, 0.1) is 11.3 Å². The van der Waals surface area contributed by atoms with E-state index in [4.69, 9.17) is 10.00 Å². The van der Waals surface area contributed by atoms with Gasteiger partial charge in [-0.3, -0.25) is 0 Å². The highest BCUT2D eigenvalue weighted by molar-refractivity contribution is 4.74. The van der Waals surface area contributed by atoms with Crippen molar-refractivity contribution in [2.24, 2.45) is 0 Å². The van der Waals surface area contributed by atoms with Crippen LogP contribution in [0.4, 0.5) is 0 Å². The van der Waals surface area contributed by atoms with Crippen LogP contribution in [0.1, 0.15) is 25.7 Å². The van der Waals surface area contributed by atoms with Gasteiger partial charge >= 0.3 is 0 Å². The Morgan fingerprint density at radius 1 is 1.67 bits per heavy atom. The molecule has 2 heteroatoms. The maximum atomic E-state index is 8.22. The summed E-state index contributed by atoms with van der Waals surface area (Å²) in [5.41, 5.74) is 0. The third-order valence-electron chi connectivity index (χ3n) is 1.60. The summed E-state index contributed by atoms with van der Waals surface area (Å²) in [6.45, 7) is 0.899. The zero-order chi connectivity index (χ0) is 6.53. The summed E-state index contributed by atoms with van der Waals surface area (Å²) in [4.78, 5) is 0. The van der Waals surface area contributed by atoms with Crippen molar-refractivity contribution in [3.63, 3.8) is 0 Å². The highest BCUT2D eigenvalue weighted by Crippen LogP contribution is 2.15. The van der Waals surface area contributed by atoms with Gasteiger partial charge in [-0.15, -0.1) is 0 Å². The molecule has 0 aromatic rings. The third kappa shape index (κ3) is 2.03. The molecule has 0 bridgehead atoms. The van der Waals surface area contributed by atoms with Crippen molar-refractivity contribution in [3.05, 3.63) is 0 Å². The lowest BCUT2D eigenvalue weighted by Crippen LogP contribution is -2.02. The summed E-state index contributed by atoms with van der Waals surface area (Å²) in [7, 11) is 0. The zero-order valence-corrected chi connectivity index (χ0v) is 5.47. The van der Waals surface area contributed by atoms with Crippen molar-refractivity contribution < 1.29 is 4.74 Å². The zero-order valence-electron chi connectivity index (χ0n) is 5.47. The Bertz CT molecular complexity index is 111. The fourth-order valence-electron chi connectivity index (χ4n) is 1.10. The fraction of sp³-hybridized carbons (Fsp3) is 0.857. The molecule has 0 N–H and O–H groups in total. The Morgan fingerprint density at radius 3 is 3.11 bits per heavy atom. The topological polar surface area (TPSA) is 33.0 Å². The molecule has 0 aliphatic carbocycles. The van der Waals surface area contributed by atoms with E-state index in [1.54, 1.807) is 0 Å². The molecule has 2 nitrogen and oxygen atoms in total. The molecule has 0 radical (unpaired) electrons. The number of rotatable bonds is 2. The van der Waals surface area contributed by atoms with Gasteiger partial charge in [0.15, 0.2) is 0 Å². The Labute approximate surface area is 55.4 Å². The first-order valence-electron chi connectivity index (χ1n) is 3.42. The minimum Gasteiger partial charge on any atom is -0.378 e. The second-order valence-electron chi connectivity index (χ2n) is 2.33. The number of hydrogen-bond acceptors (Lipinski definition) is 2. The molecule has 1 unspecified atom stereocenters. The van der Waals surface area contributed by atoms with Crippen LogP contribution in [0.2, 0.25) is 0 Å². The SMILES string of the molecule is N#CCCC1CCCO1. The lowest BCUT2D eigenvalue weighted by molar-refractivity contribution is 0.105. The summed E-state index contributed by atoms with van der Waals surface area (Å²) >= 11 is 0. The molecule has 1 atom stereocenters. The number of nitriles is 1. The molecule has 1 aliphatic heterocycles. The minimum absolute atomic E-state index is 0.393. The van der Waals surface area contributed by atoms with Gasteiger partial charge in [0.1, 0.15) is 0 Å². The number of ether oxygens (including phenoxy) is 1. The molecule has 0 saturated carbocycles. The smallest absolute Gasteiger partial charge is 0.0622 e. The molecule has 0 amide bonds. The summed E-state index contributed by atoms with van der Waals surface area (Å²) < 4.78 is 5.30. The summed E-state index contributed by atoms with van der Waals surface area (Å²) in [6.07, 6.45) is 4.29. The van der Waals surface area contributed by atoms with Gasteiger partial charge in [-0.25, -0.2) is 0 Å². The molecule has 1 saturated heterocycles. The summed E-state index contributed by atoms with van der Waals surface area (Å²) in [5.74, 6) is 0. The van der Waals surface area contributed by atoms with Gasteiger partial charge in [0.25, 0.3) is 0 Å². The van der Waals surface area contributed by atoms with E-state index in [9.17, 15) is 0 Å². The molecule has 1 heterocycles. The van der Waals surface area contributed by atoms with E-state index in [0.29, 0.717) is 12.5 Å². The lowest BCUT2D eigenvalue weighted by Gasteiger charge is -2.03. The van der Waals surface area contributed by atoms with E-state index in [2.05, 4.69) is 6.07 Å². The normalized spacial score (nSPS) is 25.9. The first kappa shape index (κ1) is 6.57. The predicted octanol–water partition coefficient (Wildman–Crippen LogP) is 1.47. The average molecular weight is 125 g/mol. The van der Waals surface area contributed by atoms with Crippen molar-refractivity contribution in [2.45, 2.75) is 31.8 Å². The van der Waals surface area contributed by atoms with Crippen LogP contribution in [0.25, 0.3) is 0 Å². The first-order valence-corrected chi connectivity index (χ1v) is 3.42. The van der Waals surface area contributed by atoms with Gasteiger partial charge in [0.05, 0.1) is 12.2 Å². The lowest BCUT2D eigenvalue weighted by atomic mass is 10.1. The summed E-state index contributed by atoms with van der Waals surface area (Å²) in [5, 5.41) is 8.22. The Hall–Kier alpha value is -0.550. The molecule has 50 valence electrons. The Balaban J connectivity index is 2.06. The van der Waals surface area contributed by atoms with Gasteiger partial charge < -0.3 is 4.74 Å². The second kappa shape index (κ2) is 3.47. The largest absolute Gasteiger partial charge is 0.378 e. The van der Waals surface area contributed by atoms with Gasteiger partial charge in [0.2, 0.25) is 0 Å². The van der Waals surface area contributed by atoms with Crippen LogP contribution in [-0.4, -0.2) is 12.7 Å². The minimum atomic E-state index is 0.393. The van der Waals surface area contributed by atoms with Crippen molar-refractivity contribution in [1.82, 2.24) is 0 Å². The second-order valence-corrected chi connectivity index (χ2v) is 2.33. The van der Waals surface area contributed by atoms with Crippen molar-refractivity contribution in [2.75, 3.05) is 6.61 Å². The van der Waals surface area contributed by atoms with Gasteiger partial charge in [-0.1, -0.05) is 0 Å². The molecule has 0 aromatic carbocycles. The van der Waals surface area contributed by atoms with Gasteiger partial charge in [-0.2, -0.15) is 5.26 Å². The van der Waals surface area contributed by atoms with Crippen LogP contribution in [0.5, 0.6) is 0 Å². The summed E-state index contributed by atoms with van der Waals surface area (Å²) in [6, 6.07) is 2.11. The van der Waals surface area contributed by atoms with Crippen LogP contribution in [0.15, 0.2) is 0 Å². The number of nitrogens with zero attached hydrogens (tertiary/aromatic N) is 1. The van der Waals surface area contributed by atoms with Crippen LogP contribution < -0.4 is 0 Å². The average Bonchev–Trinajstić information content (AvgIpc) is 2.34. The predicted molar refractivity (Wildman–Crippen MR) is 33.8 cm³/mol. The quantitative estimate of drug-likeness (QED) is 0.559. The van der Waals surface area contributed by atoms with Crippen LogP contribution in [-0.2, 0) is 4.74 Å². The van der Waals surface area contributed by atoms with Crippen LogP contribution >= 0.6 is 0 Å². The van der Waals surface area contributed by atoms with Gasteiger partial charge in [0, 0.05) is 13.0 Å². The third-order valence-corrected chi connectivity index (χ3v) is 1.60. The van der Waals surface area contributed by atoms with Crippen LogP contribution in [0.3, 0.4) is 0 Å². The Morgan fingerprint density at radius 2 is 2.56 bits per heavy atom. The van der Waals surface area contributed by atoms with Crippen molar-refractivity contribution >= 4 is 0 Å². The fourth-order valence-corrected chi connectivity index (χ4v) is 1.10. The molecule has 1 rings (SSSR count). The van der Waals surface area contributed by atoms with E-state index in [-0.39, 0.29) is 0 Å². The van der Waals surface area contributed by atoms with Crippen molar-refractivity contribution in [3.8, 4) is 6.07 Å². The Kier molecular flexibility index (Phi) is 2.53. The number of hydrogen-bond donors (Lipinski definition) is 0. The molecule has 0 aromatic heterocycles. The molecular formula is C7H11NO. The van der Waals surface area contributed by atoms with Crippen molar-refractivity contribution in [1.29, 1.82) is 5.26 Å². The molecule has 9 heavy (non-hydrogen) atoms. The highest BCUT2D eigenvalue weighted by atomic mass is 16.5. The van der Waals surface area contributed by atoms with Gasteiger partial charge in [-0.05, 0) is 19.3 Å². The maximum absolute atomic E-state index is 8.22. The molecule has 1 aliphatic rings. The monoisotopic (exact) mass is 125 g/mol. The maximum Gasteiger partial charge on any atom is 0.0622 e. The molecule has 1 fully saturated rings. The van der Waals surface area contributed by atoms with E-state index in [1.807, 2.05) is 0 Å². The molecular weight excluding hydrogens is 114 g/mol. The first-order chi connectivity index (χ1) is 4.43. The standard InChI is InChI=1S/C7H11NO/c8-5-1-3-7-4-2-6-9-7/h7H,1-4,6H2. The highest BCUT2D eigenvalue weighted by Gasteiger charge is 2.13. The van der Waals surface area contributed by atoms with E-state index >= 15 is 0 Å². The van der Waals surface area contributed by atoms with E-state index in [0.717, 1.165) is 19.4 Å². The van der Waals surface area contributed by atoms with E-state index < -0.39 is 0 Å².